The van der Waals surface area contributed by atoms with Crippen molar-refractivity contribution < 1.29 is 14.7 Å². The Morgan fingerprint density at radius 1 is 1.25 bits per heavy atom. The Morgan fingerprint density at radius 2 is 1.80 bits per heavy atom. The number of carbonyl (C=O) groups is 2. The van der Waals surface area contributed by atoms with E-state index in [1.807, 2.05) is 32.8 Å². The number of amides is 1. The summed E-state index contributed by atoms with van der Waals surface area (Å²) in [5.41, 5.74) is -0.434. The Bertz CT molecular complexity index is 367. The number of hydrogen-bond acceptors (Lipinski definition) is 3. The van der Waals surface area contributed by atoms with Crippen LogP contribution in [0, 0.1) is 23.2 Å². The maximum absolute atomic E-state index is 12.3. The van der Waals surface area contributed by atoms with E-state index in [9.17, 15) is 9.59 Å². The monoisotopic (exact) mass is 284 g/mol. The predicted octanol–water partition coefficient (Wildman–Crippen LogP) is 1.44. The van der Waals surface area contributed by atoms with Crippen molar-refractivity contribution >= 4 is 11.9 Å². The highest BCUT2D eigenvalue weighted by Gasteiger charge is 2.65. The van der Waals surface area contributed by atoms with Crippen LogP contribution >= 0.6 is 0 Å². The highest BCUT2D eigenvalue weighted by atomic mass is 16.4. The molecular formula is C15H28N2O3. The summed E-state index contributed by atoms with van der Waals surface area (Å²) in [4.78, 5) is 25.5. The van der Waals surface area contributed by atoms with E-state index in [1.165, 1.54) is 0 Å². The van der Waals surface area contributed by atoms with Gasteiger partial charge in [-0.15, -0.1) is 0 Å². The van der Waals surface area contributed by atoms with E-state index in [-0.39, 0.29) is 11.9 Å². The van der Waals surface area contributed by atoms with Crippen molar-refractivity contribution in [1.29, 1.82) is 0 Å². The van der Waals surface area contributed by atoms with Crippen LogP contribution in [0.2, 0.25) is 0 Å². The highest BCUT2D eigenvalue weighted by molar-refractivity contribution is 5.91. The summed E-state index contributed by atoms with van der Waals surface area (Å²) in [5.74, 6) is -1.46. The SMILES string of the molecule is CC(C)CC(CN(C)C)NC(=O)[C@H]1[C@@H](C(=O)O)C1(C)C. The van der Waals surface area contributed by atoms with Crippen LogP contribution in [0.4, 0.5) is 0 Å². The number of rotatable bonds is 7. The minimum absolute atomic E-state index is 0.0725. The van der Waals surface area contributed by atoms with E-state index < -0.39 is 23.2 Å². The van der Waals surface area contributed by atoms with Crippen molar-refractivity contribution in [2.75, 3.05) is 20.6 Å². The number of carbonyl (C=O) groups excluding carboxylic acids is 1. The molecule has 0 aromatic heterocycles. The topological polar surface area (TPSA) is 69.6 Å². The van der Waals surface area contributed by atoms with E-state index >= 15 is 0 Å². The molecule has 0 saturated heterocycles. The molecule has 1 saturated carbocycles. The van der Waals surface area contributed by atoms with Crippen LogP contribution in [0.5, 0.6) is 0 Å². The average Bonchev–Trinajstić information content (AvgIpc) is 2.79. The molecule has 5 heteroatoms. The van der Waals surface area contributed by atoms with Gasteiger partial charge in [-0.25, -0.2) is 0 Å². The van der Waals surface area contributed by atoms with Gasteiger partial charge in [0.25, 0.3) is 0 Å². The van der Waals surface area contributed by atoms with E-state index in [4.69, 9.17) is 5.11 Å². The largest absolute Gasteiger partial charge is 0.481 e. The number of aliphatic carboxylic acids is 1. The molecule has 0 heterocycles. The van der Waals surface area contributed by atoms with Crippen LogP contribution in [0.15, 0.2) is 0 Å². The lowest BCUT2D eigenvalue weighted by Crippen LogP contribution is -2.43. The minimum atomic E-state index is -0.872. The molecule has 1 aliphatic carbocycles. The smallest absolute Gasteiger partial charge is 0.307 e. The second kappa shape index (κ2) is 6.12. The van der Waals surface area contributed by atoms with Crippen LogP contribution in [-0.2, 0) is 9.59 Å². The summed E-state index contributed by atoms with van der Waals surface area (Å²) in [7, 11) is 3.95. The first-order valence-electron chi connectivity index (χ1n) is 7.25. The van der Waals surface area contributed by atoms with Crippen LogP contribution in [0.25, 0.3) is 0 Å². The summed E-state index contributed by atoms with van der Waals surface area (Å²) in [6.45, 7) is 8.71. The van der Waals surface area contributed by atoms with Crippen LogP contribution < -0.4 is 5.32 Å². The van der Waals surface area contributed by atoms with E-state index in [0.29, 0.717) is 5.92 Å². The normalized spacial score (nSPS) is 25.6. The second-order valence-corrected chi connectivity index (χ2v) is 7.21. The fourth-order valence-corrected chi connectivity index (χ4v) is 3.07. The molecule has 3 atom stereocenters. The van der Waals surface area contributed by atoms with E-state index in [2.05, 4.69) is 19.2 Å². The lowest BCUT2D eigenvalue weighted by molar-refractivity contribution is -0.140. The molecule has 0 aliphatic heterocycles. The van der Waals surface area contributed by atoms with Gasteiger partial charge in [0.2, 0.25) is 5.91 Å². The quantitative estimate of drug-likeness (QED) is 0.742. The van der Waals surface area contributed by atoms with Crippen molar-refractivity contribution in [3.8, 4) is 0 Å². The van der Waals surface area contributed by atoms with E-state index in [0.717, 1.165) is 13.0 Å². The molecule has 0 aromatic carbocycles. The third-order valence-electron chi connectivity index (χ3n) is 4.06. The van der Waals surface area contributed by atoms with Crippen molar-refractivity contribution in [1.82, 2.24) is 10.2 Å². The maximum atomic E-state index is 12.3. The zero-order chi connectivity index (χ0) is 15.7. The van der Waals surface area contributed by atoms with Gasteiger partial charge in [-0.05, 0) is 31.8 Å². The van der Waals surface area contributed by atoms with Gasteiger partial charge in [-0.3, -0.25) is 9.59 Å². The molecular weight excluding hydrogens is 256 g/mol. The second-order valence-electron chi connectivity index (χ2n) is 7.21. The third kappa shape index (κ3) is 3.95. The zero-order valence-corrected chi connectivity index (χ0v) is 13.4. The zero-order valence-electron chi connectivity index (χ0n) is 13.4. The van der Waals surface area contributed by atoms with E-state index in [1.54, 1.807) is 0 Å². The van der Waals surface area contributed by atoms with Crippen LogP contribution in [0.3, 0.4) is 0 Å². The number of hydrogen-bond donors (Lipinski definition) is 2. The molecule has 1 fully saturated rings. The standard InChI is InChI=1S/C15H28N2O3/c1-9(2)7-10(8-17(5)6)16-13(18)11-12(14(19)20)15(11,3)4/h9-12H,7-8H2,1-6H3,(H,16,18)(H,19,20)/t10?,11-,12+/m1/s1. The minimum Gasteiger partial charge on any atom is -0.481 e. The Kier molecular flexibility index (Phi) is 5.19. The first-order valence-corrected chi connectivity index (χ1v) is 7.25. The first kappa shape index (κ1) is 17.0. The van der Waals surface area contributed by atoms with Gasteiger partial charge < -0.3 is 15.3 Å². The molecule has 20 heavy (non-hydrogen) atoms. The van der Waals surface area contributed by atoms with Crippen molar-refractivity contribution in [2.45, 2.75) is 40.2 Å². The van der Waals surface area contributed by atoms with Crippen molar-refractivity contribution in [3.05, 3.63) is 0 Å². The molecule has 1 aliphatic rings. The summed E-state index contributed by atoms with van der Waals surface area (Å²) in [6, 6.07) is 0.0725. The number of carboxylic acids is 1. The molecule has 1 unspecified atom stereocenters. The van der Waals surface area contributed by atoms with Gasteiger partial charge in [-0.2, -0.15) is 0 Å². The lowest BCUT2D eigenvalue weighted by Gasteiger charge is -2.24. The van der Waals surface area contributed by atoms with Gasteiger partial charge in [0.15, 0.2) is 0 Å². The molecule has 0 bridgehead atoms. The molecule has 1 amide bonds. The summed E-state index contributed by atoms with van der Waals surface area (Å²) in [5, 5.41) is 12.2. The average molecular weight is 284 g/mol. The van der Waals surface area contributed by atoms with Gasteiger partial charge in [-0.1, -0.05) is 27.7 Å². The van der Waals surface area contributed by atoms with Crippen LogP contribution in [0.1, 0.15) is 34.1 Å². The molecule has 5 nitrogen and oxygen atoms in total. The highest BCUT2D eigenvalue weighted by Crippen LogP contribution is 2.58. The summed E-state index contributed by atoms with van der Waals surface area (Å²) < 4.78 is 0. The number of likely N-dealkylation sites (N-methyl/N-ethyl adjacent to an activating group) is 1. The van der Waals surface area contributed by atoms with Crippen molar-refractivity contribution in [3.63, 3.8) is 0 Å². The van der Waals surface area contributed by atoms with Gasteiger partial charge in [0.1, 0.15) is 0 Å². The Labute approximate surface area is 121 Å². The Balaban J connectivity index is 2.65. The molecule has 0 radical (unpaired) electrons. The fraction of sp³-hybridized carbons (Fsp3) is 0.867. The first-order chi connectivity index (χ1) is 9.07. The molecule has 2 N–H and O–H groups in total. The summed E-state index contributed by atoms with van der Waals surface area (Å²) >= 11 is 0. The summed E-state index contributed by atoms with van der Waals surface area (Å²) in [6.07, 6.45) is 0.898. The molecule has 0 spiro atoms. The molecule has 1 rings (SSSR count). The number of nitrogens with zero attached hydrogens (tertiary/aromatic N) is 1. The Morgan fingerprint density at radius 3 is 2.15 bits per heavy atom. The van der Waals surface area contributed by atoms with Crippen molar-refractivity contribution in [2.24, 2.45) is 23.2 Å². The molecule has 0 aromatic rings. The Hall–Kier alpha value is -1.10. The van der Waals surface area contributed by atoms with Gasteiger partial charge in [0, 0.05) is 12.6 Å². The third-order valence-corrected chi connectivity index (χ3v) is 4.06. The molecule has 116 valence electrons. The number of nitrogens with one attached hydrogen (secondary N) is 1. The van der Waals surface area contributed by atoms with Crippen LogP contribution in [-0.4, -0.2) is 48.6 Å². The van der Waals surface area contributed by atoms with Gasteiger partial charge in [0.05, 0.1) is 11.8 Å². The maximum Gasteiger partial charge on any atom is 0.307 e. The lowest BCUT2D eigenvalue weighted by atomic mass is 10.0. The fourth-order valence-electron chi connectivity index (χ4n) is 3.07. The number of carboxylic acid groups (broad SMARTS) is 1. The predicted molar refractivity (Wildman–Crippen MR) is 78.3 cm³/mol. The van der Waals surface area contributed by atoms with Gasteiger partial charge >= 0.3 is 5.97 Å².